The molecule has 6 rings (SSSR count). The first kappa shape index (κ1) is 30.7. The number of ether oxygens (including phenoxy) is 2. The second-order valence-corrected chi connectivity index (χ2v) is 12.3. The van der Waals surface area contributed by atoms with Gasteiger partial charge in [-0.05, 0) is 60.5 Å². The van der Waals surface area contributed by atoms with Gasteiger partial charge in [0, 0.05) is 42.7 Å². The number of rotatable bonds is 10. The van der Waals surface area contributed by atoms with Crippen LogP contribution in [0.4, 0.5) is 5.82 Å². The van der Waals surface area contributed by atoms with E-state index >= 15 is 0 Å². The average molecular weight is 642 g/mol. The molecule has 2 aliphatic rings. The maximum atomic E-state index is 13.5. The Balaban J connectivity index is 1.25. The number of carboxylic acid groups (broad SMARTS) is 1. The number of nitrogens with two attached hydrogens (primary N) is 1. The van der Waals surface area contributed by atoms with Gasteiger partial charge < -0.3 is 20.3 Å². The molecule has 1 aromatic heterocycles. The van der Waals surface area contributed by atoms with E-state index in [0.717, 1.165) is 41.7 Å². The predicted molar refractivity (Wildman–Crippen MR) is 179 cm³/mol. The van der Waals surface area contributed by atoms with Crippen LogP contribution in [0.5, 0.6) is 5.75 Å². The molecule has 3 N–H and O–H groups in total. The summed E-state index contributed by atoms with van der Waals surface area (Å²) in [5.74, 6) is 0.323. The number of morpholine rings is 1. The van der Waals surface area contributed by atoms with Crippen molar-refractivity contribution in [1.82, 2.24) is 19.8 Å². The molecule has 0 aliphatic carbocycles. The van der Waals surface area contributed by atoms with Crippen molar-refractivity contribution in [2.24, 2.45) is 0 Å². The molecule has 0 unspecified atom stereocenters. The summed E-state index contributed by atoms with van der Waals surface area (Å²) < 4.78 is 12.2. The Kier molecular flexibility index (Phi) is 9.36. The fourth-order valence-corrected chi connectivity index (χ4v) is 6.46. The molecule has 0 spiro atoms. The van der Waals surface area contributed by atoms with E-state index in [1.165, 1.54) is 11.8 Å². The molecule has 2 saturated heterocycles. The predicted octanol–water partition coefficient (Wildman–Crippen LogP) is 4.73. The third kappa shape index (κ3) is 7.15. The van der Waals surface area contributed by atoms with Crippen LogP contribution in [0.3, 0.4) is 0 Å². The van der Waals surface area contributed by atoms with Crippen LogP contribution < -0.4 is 10.5 Å². The van der Waals surface area contributed by atoms with Crippen LogP contribution in [0.15, 0.2) is 71.6 Å². The topological polar surface area (TPSA) is 131 Å². The lowest BCUT2D eigenvalue weighted by Gasteiger charge is -2.26. The number of benzene rings is 3. The molecule has 1 amide bonds. The van der Waals surface area contributed by atoms with Gasteiger partial charge in [-0.15, -0.1) is 0 Å². The van der Waals surface area contributed by atoms with Crippen molar-refractivity contribution in [3.63, 3.8) is 0 Å². The Hall–Kier alpha value is -4.36. The number of nitrogens with zero attached hydrogens (tertiary/aromatic N) is 4. The normalized spacial score (nSPS) is 16.5. The molecule has 0 atom stereocenters. The molecule has 10 nitrogen and oxygen atoms in total. The number of aromatic nitrogens is 2. The lowest BCUT2D eigenvalue weighted by atomic mass is 10.1. The van der Waals surface area contributed by atoms with Crippen LogP contribution in [-0.2, 0) is 16.0 Å². The lowest BCUT2D eigenvalue weighted by molar-refractivity contribution is -0.122. The standard InChI is InChI=1S/C33H31N5O5S2/c34-29-25-3-1-2-4-26(25)35-30(36-29)23-9-10-27(43-18-15-37-13-16-42-17-14-37)24(19-23)20-28-31(39)38(33(44)45-28)12-11-21-5-7-22(8-6-21)32(40)41/h1-10,19-20H,11-18H2,(H,40,41)(H2,34,35,36)/b28-20-. The van der Waals surface area contributed by atoms with Crippen LogP contribution in [0.1, 0.15) is 21.5 Å². The van der Waals surface area contributed by atoms with E-state index in [9.17, 15) is 9.59 Å². The number of para-hydroxylation sites is 1. The van der Waals surface area contributed by atoms with Crippen molar-refractivity contribution >= 4 is 63.0 Å². The van der Waals surface area contributed by atoms with Crippen LogP contribution in [0, 0.1) is 0 Å². The molecule has 3 aromatic carbocycles. The van der Waals surface area contributed by atoms with Gasteiger partial charge in [-0.2, -0.15) is 0 Å². The first-order valence-corrected chi connectivity index (χ1v) is 15.8. The second kappa shape index (κ2) is 13.7. The number of hydrogen-bond donors (Lipinski definition) is 2. The number of fused-ring (bicyclic) bond motifs is 1. The molecule has 2 fully saturated rings. The van der Waals surface area contributed by atoms with Gasteiger partial charge in [0.25, 0.3) is 5.91 Å². The number of carboxylic acids is 1. The zero-order valence-electron chi connectivity index (χ0n) is 24.3. The summed E-state index contributed by atoms with van der Waals surface area (Å²) in [5.41, 5.74) is 9.59. The van der Waals surface area contributed by atoms with E-state index in [1.54, 1.807) is 35.2 Å². The number of carbonyl (C=O) groups is 2. The van der Waals surface area contributed by atoms with Gasteiger partial charge in [0.15, 0.2) is 5.82 Å². The van der Waals surface area contributed by atoms with Crippen molar-refractivity contribution in [3.05, 3.63) is 88.3 Å². The number of anilines is 1. The monoisotopic (exact) mass is 641 g/mol. The highest BCUT2D eigenvalue weighted by Crippen LogP contribution is 2.36. The van der Waals surface area contributed by atoms with Crippen LogP contribution in [0.2, 0.25) is 0 Å². The third-order valence-electron chi connectivity index (χ3n) is 7.65. The molecule has 0 radical (unpaired) electrons. The van der Waals surface area contributed by atoms with E-state index in [-0.39, 0.29) is 11.5 Å². The minimum atomic E-state index is -0.979. The van der Waals surface area contributed by atoms with Crippen molar-refractivity contribution < 1.29 is 24.2 Å². The van der Waals surface area contributed by atoms with E-state index in [2.05, 4.69) is 9.88 Å². The number of nitrogen functional groups attached to an aromatic ring is 1. The second-order valence-electron chi connectivity index (χ2n) is 10.6. The molecule has 230 valence electrons. The number of thioether (sulfide) groups is 1. The van der Waals surface area contributed by atoms with Gasteiger partial charge in [-0.3, -0.25) is 14.6 Å². The van der Waals surface area contributed by atoms with Gasteiger partial charge in [-0.25, -0.2) is 14.8 Å². The van der Waals surface area contributed by atoms with Gasteiger partial charge in [-0.1, -0.05) is 48.2 Å². The fraction of sp³-hybridized carbons (Fsp3) is 0.242. The maximum absolute atomic E-state index is 13.5. The van der Waals surface area contributed by atoms with E-state index in [0.29, 0.717) is 65.0 Å². The van der Waals surface area contributed by atoms with E-state index in [4.69, 9.17) is 37.5 Å². The van der Waals surface area contributed by atoms with Gasteiger partial charge in [0.1, 0.15) is 22.5 Å². The summed E-state index contributed by atoms with van der Waals surface area (Å²) in [6, 6.07) is 19.9. The zero-order valence-corrected chi connectivity index (χ0v) is 26.0. The van der Waals surface area contributed by atoms with E-state index < -0.39 is 5.97 Å². The smallest absolute Gasteiger partial charge is 0.335 e. The minimum absolute atomic E-state index is 0.192. The van der Waals surface area contributed by atoms with Gasteiger partial charge >= 0.3 is 5.97 Å². The Bertz CT molecular complexity index is 1790. The van der Waals surface area contributed by atoms with Crippen molar-refractivity contribution in [1.29, 1.82) is 0 Å². The molecule has 2 aliphatic heterocycles. The minimum Gasteiger partial charge on any atom is -0.492 e. The number of aromatic carboxylic acids is 1. The fourth-order valence-electron chi connectivity index (χ4n) is 5.16. The first-order chi connectivity index (χ1) is 21.9. The molecule has 0 saturated carbocycles. The molecule has 3 heterocycles. The van der Waals surface area contributed by atoms with Crippen LogP contribution in [0.25, 0.3) is 28.4 Å². The quantitative estimate of drug-likeness (QED) is 0.184. The Morgan fingerprint density at radius 2 is 1.84 bits per heavy atom. The highest BCUT2D eigenvalue weighted by atomic mass is 32.2. The number of amides is 1. The Morgan fingerprint density at radius 1 is 1.07 bits per heavy atom. The highest BCUT2D eigenvalue weighted by Gasteiger charge is 2.32. The molecule has 45 heavy (non-hydrogen) atoms. The SMILES string of the molecule is Nc1nc(-c2ccc(OCCN3CCOCC3)c(/C=C3\SC(=S)N(CCc4ccc(C(=O)O)cc4)C3=O)c2)nc2ccccc12. The van der Waals surface area contributed by atoms with Crippen LogP contribution in [-0.4, -0.2) is 87.1 Å². The Morgan fingerprint density at radius 3 is 2.62 bits per heavy atom. The summed E-state index contributed by atoms with van der Waals surface area (Å²) in [6.07, 6.45) is 2.34. The summed E-state index contributed by atoms with van der Waals surface area (Å²) in [5, 5.41) is 9.94. The zero-order chi connectivity index (χ0) is 31.3. The molecular formula is C33H31N5O5S2. The van der Waals surface area contributed by atoms with Gasteiger partial charge in [0.05, 0.1) is 29.2 Å². The van der Waals surface area contributed by atoms with Crippen molar-refractivity contribution in [2.75, 3.05) is 51.7 Å². The molecular weight excluding hydrogens is 611 g/mol. The maximum Gasteiger partial charge on any atom is 0.335 e. The lowest BCUT2D eigenvalue weighted by Crippen LogP contribution is -2.38. The van der Waals surface area contributed by atoms with Crippen LogP contribution >= 0.6 is 24.0 Å². The highest BCUT2D eigenvalue weighted by molar-refractivity contribution is 8.26. The third-order valence-corrected chi connectivity index (χ3v) is 9.03. The summed E-state index contributed by atoms with van der Waals surface area (Å²) in [7, 11) is 0. The van der Waals surface area contributed by atoms with Crippen molar-refractivity contribution in [3.8, 4) is 17.1 Å². The average Bonchev–Trinajstić information content (AvgIpc) is 3.32. The molecule has 4 aromatic rings. The summed E-state index contributed by atoms with van der Waals surface area (Å²) in [6.45, 7) is 4.76. The Labute approximate surface area is 269 Å². The van der Waals surface area contributed by atoms with Gasteiger partial charge in [0.2, 0.25) is 0 Å². The largest absolute Gasteiger partial charge is 0.492 e. The first-order valence-electron chi connectivity index (χ1n) is 14.5. The summed E-state index contributed by atoms with van der Waals surface area (Å²) >= 11 is 6.83. The number of thiocarbonyl (C=S) groups is 1. The number of hydrogen-bond acceptors (Lipinski definition) is 10. The molecule has 12 heteroatoms. The number of carbonyl (C=O) groups excluding carboxylic acids is 1. The van der Waals surface area contributed by atoms with Crippen molar-refractivity contribution in [2.45, 2.75) is 6.42 Å². The summed E-state index contributed by atoms with van der Waals surface area (Å²) in [4.78, 5) is 38.3. The molecule has 0 bridgehead atoms. The van der Waals surface area contributed by atoms with E-state index in [1.807, 2.05) is 42.5 Å².